The molecule has 1 heterocycles. The number of halogens is 1. The monoisotopic (exact) mass is 197 g/mol. The smallest absolute Gasteiger partial charge is 0.234 e. The molecule has 1 rings (SSSR count). The summed E-state index contributed by atoms with van der Waals surface area (Å²) in [4.78, 5) is 14.3. The zero-order chi connectivity index (χ0) is 10.6. The van der Waals surface area contributed by atoms with Gasteiger partial charge >= 0.3 is 0 Å². The second-order valence-electron chi connectivity index (χ2n) is 3.02. The second kappa shape index (κ2) is 4.66. The third kappa shape index (κ3) is 3.10. The average Bonchev–Trinajstić information content (AvgIpc) is 2.14. The van der Waals surface area contributed by atoms with Gasteiger partial charge in [0, 0.05) is 12.7 Å². The molecule has 0 radical (unpaired) electrons. The molecule has 1 unspecified atom stereocenters. The molecule has 1 aromatic rings. The van der Waals surface area contributed by atoms with Crippen molar-refractivity contribution in [1.82, 2.24) is 10.3 Å². The normalized spacial score (nSPS) is 12.4. The summed E-state index contributed by atoms with van der Waals surface area (Å²) in [6.45, 7) is 2.02. The van der Waals surface area contributed by atoms with Gasteiger partial charge < -0.3 is 11.1 Å². The van der Waals surface area contributed by atoms with Gasteiger partial charge in [0.15, 0.2) is 0 Å². The largest absolute Gasteiger partial charge is 0.368 e. The Labute approximate surface area is 81.3 Å². The van der Waals surface area contributed by atoms with E-state index >= 15 is 0 Å². The van der Waals surface area contributed by atoms with Gasteiger partial charge in [0.25, 0.3) is 0 Å². The molecular formula is C9H12FN3O. The Morgan fingerprint density at radius 3 is 3.00 bits per heavy atom. The molecule has 0 aromatic carbocycles. The number of nitrogens with one attached hydrogen (secondary N) is 1. The third-order valence-electron chi connectivity index (χ3n) is 1.80. The van der Waals surface area contributed by atoms with Crippen LogP contribution in [0, 0.1) is 5.82 Å². The van der Waals surface area contributed by atoms with Crippen molar-refractivity contribution >= 4 is 5.91 Å². The first-order valence-electron chi connectivity index (χ1n) is 4.21. The molecule has 14 heavy (non-hydrogen) atoms. The number of nitrogens with two attached hydrogens (primary N) is 1. The zero-order valence-electron chi connectivity index (χ0n) is 7.83. The summed E-state index contributed by atoms with van der Waals surface area (Å²) in [6, 6.07) is 0.923. The Balaban J connectivity index is 2.49. The van der Waals surface area contributed by atoms with Gasteiger partial charge in [-0.05, 0) is 18.6 Å². The lowest BCUT2D eigenvalue weighted by molar-refractivity contribution is -0.119. The van der Waals surface area contributed by atoms with Gasteiger partial charge in [0.1, 0.15) is 5.82 Å². The van der Waals surface area contributed by atoms with Crippen LogP contribution < -0.4 is 11.1 Å². The lowest BCUT2D eigenvalue weighted by Crippen LogP contribution is -2.38. The predicted octanol–water partition coefficient (Wildman–Crippen LogP) is 0.184. The number of hydrogen-bond acceptors (Lipinski definition) is 3. The van der Waals surface area contributed by atoms with Crippen LogP contribution in [0.2, 0.25) is 0 Å². The van der Waals surface area contributed by atoms with Crippen molar-refractivity contribution in [3.05, 3.63) is 29.8 Å². The molecule has 1 atom stereocenters. The number of carbonyl (C=O) groups excluding carboxylic acids is 1. The molecule has 5 heteroatoms. The van der Waals surface area contributed by atoms with Gasteiger partial charge in [-0.25, -0.2) is 4.39 Å². The topological polar surface area (TPSA) is 68.0 Å². The summed E-state index contributed by atoms with van der Waals surface area (Å²) in [5.74, 6) is -0.828. The van der Waals surface area contributed by atoms with Crippen LogP contribution >= 0.6 is 0 Å². The number of carbonyl (C=O) groups is 1. The van der Waals surface area contributed by atoms with Crippen molar-refractivity contribution < 1.29 is 9.18 Å². The van der Waals surface area contributed by atoms with Gasteiger partial charge in [-0.1, -0.05) is 0 Å². The first-order valence-corrected chi connectivity index (χ1v) is 4.21. The van der Waals surface area contributed by atoms with E-state index < -0.39 is 17.8 Å². The quantitative estimate of drug-likeness (QED) is 0.723. The summed E-state index contributed by atoms with van der Waals surface area (Å²) in [7, 11) is 0. The summed E-state index contributed by atoms with van der Waals surface area (Å²) in [6.07, 6.45) is 2.66. The molecule has 0 aliphatic heterocycles. The van der Waals surface area contributed by atoms with E-state index in [0.29, 0.717) is 12.1 Å². The van der Waals surface area contributed by atoms with Crippen molar-refractivity contribution in [2.24, 2.45) is 5.73 Å². The molecule has 76 valence electrons. The van der Waals surface area contributed by atoms with Crippen molar-refractivity contribution in [2.45, 2.75) is 19.5 Å². The Morgan fingerprint density at radius 2 is 2.43 bits per heavy atom. The van der Waals surface area contributed by atoms with Crippen LogP contribution in [-0.4, -0.2) is 16.9 Å². The Hall–Kier alpha value is -1.49. The fourth-order valence-corrected chi connectivity index (χ4v) is 0.924. The summed E-state index contributed by atoms with van der Waals surface area (Å²) >= 11 is 0. The maximum absolute atomic E-state index is 12.7. The highest BCUT2D eigenvalue weighted by atomic mass is 19.1. The van der Waals surface area contributed by atoms with Crippen molar-refractivity contribution in [3.8, 4) is 0 Å². The molecule has 3 N–H and O–H groups in total. The molecule has 0 spiro atoms. The van der Waals surface area contributed by atoms with Crippen molar-refractivity contribution in [3.63, 3.8) is 0 Å². The molecule has 4 nitrogen and oxygen atoms in total. The van der Waals surface area contributed by atoms with Gasteiger partial charge in [-0.15, -0.1) is 0 Å². The molecule has 1 aromatic heterocycles. The van der Waals surface area contributed by atoms with Gasteiger partial charge in [0.05, 0.1) is 12.2 Å². The molecule has 0 saturated carbocycles. The fourth-order valence-electron chi connectivity index (χ4n) is 0.924. The third-order valence-corrected chi connectivity index (χ3v) is 1.80. The van der Waals surface area contributed by atoms with Crippen LogP contribution in [0.15, 0.2) is 18.5 Å². The number of primary amides is 1. The van der Waals surface area contributed by atoms with Crippen molar-refractivity contribution in [1.29, 1.82) is 0 Å². The molecule has 1 amide bonds. The molecule has 0 aliphatic rings. The van der Waals surface area contributed by atoms with E-state index in [0.717, 1.165) is 6.20 Å². The number of pyridine rings is 1. The van der Waals surface area contributed by atoms with E-state index in [4.69, 9.17) is 5.73 Å². The summed E-state index contributed by atoms with van der Waals surface area (Å²) in [5.41, 5.74) is 5.72. The van der Waals surface area contributed by atoms with Gasteiger partial charge in [-0.2, -0.15) is 0 Å². The number of aromatic nitrogens is 1. The highest BCUT2D eigenvalue weighted by Crippen LogP contribution is 2.00. The average molecular weight is 197 g/mol. The van der Waals surface area contributed by atoms with E-state index in [1.807, 2.05) is 0 Å². The highest BCUT2D eigenvalue weighted by Gasteiger charge is 2.07. The van der Waals surface area contributed by atoms with Crippen LogP contribution in [0.1, 0.15) is 12.5 Å². The van der Waals surface area contributed by atoms with Crippen molar-refractivity contribution in [2.75, 3.05) is 0 Å². The van der Waals surface area contributed by atoms with Crippen LogP contribution in [-0.2, 0) is 11.3 Å². The van der Waals surface area contributed by atoms with Crippen LogP contribution in [0.3, 0.4) is 0 Å². The number of rotatable bonds is 4. The molecule has 0 saturated heterocycles. The maximum atomic E-state index is 12.7. The van der Waals surface area contributed by atoms with E-state index in [-0.39, 0.29) is 0 Å². The van der Waals surface area contributed by atoms with Gasteiger partial charge in [0.2, 0.25) is 5.91 Å². The minimum atomic E-state index is -0.436. The van der Waals surface area contributed by atoms with E-state index in [2.05, 4.69) is 10.3 Å². The predicted molar refractivity (Wildman–Crippen MR) is 49.7 cm³/mol. The Bertz CT molecular complexity index is 330. The van der Waals surface area contributed by atoms with E-state index in [1.54, 1.807) is 6.92 Å². The maximum Gasteiger partial charge on any atom is 0.234 e. The Morgan fingerprint density at radius 1 is 1.71 bits per heavy atom. The van der Waals surface area contributed by atoms with Gasteiger partial charge in [-0.3, -0.25) is 9.78 Å². The highest BCUT2D eigenvalue weighted by molar-refractivity contribution is 5.79. The minimum absolute atomic E-state index is 0.370. The number of nitrogens with zero attached hydrogens (tertiary/aromatic N) is 1. The summed E-state index contributed by atoms with van der Waals surface area (Å²) in [5, 5.41) is 2.84. The number of amides is 1. The molecular weight excluding hydrogens is 185 g/mol. The summed E-state index contributed by atoms with van der Waals surface area (Å²) < 4.78 is 12.7. The molecule has 0 bridgehead atoms. The van der Waals surface area contributed by atoms with Crippen LogP contribution in [0.4, 0.5) is 4.39 Å². The SMILES string of the molecule is CC(NCc1cncc(F)c1)C(N)=O. The molecule has 0 aliphatic carbocycles. The van der Waals surface area contributed by atoms with E-state index in [1.165, 1.54) is 12.3 Å². The van der Waals surface area contributed by atoms with E-state index in [9.17, 15) is 9.18 Å². The van der Waals surface area contributed by atoms with Crippen LogP contribution in [0.5, 0.6) is 0 Å². The Kier molecular flexibility index (Phi) is 3.53. The molecule has 0 fully saturated rings. The fraction of sp³-hybridized carbons (Fsp3) is 0.333. The lowest BCUT2D eigenvalue weighted by atomic mass is 10.2. The minimum Gasteiger partial charge on any atom is -0.368 e. The first kappa shape index (κ1) is 10.6. The second-order valence-corrected chi connectivity index (χ2v) is 3.02. The van der Waals surface area contributed by atoms with Crippen LogP contribution in [0.25, 0.3) is 0 Å². The lowest BCUT2D eigenvalue weighted by Gasteiger charge is -2.09. The standard InChI is InChI=1S/C9H12FN3O/c1-6(9(11)14)13-4-7-2-8(10)5-12-3-7/h2-3,5-6,13H,4H2,1H3,(H2,11,14). The zero-order valence-corrected chi connectivity index (χ0v) is 7.83. The number of hydrogen-bond donors (Lipinski definition) is 2. The first-order chi connectivity index (χ1) is 6.59.